The van der Waals surface area contributed by atoms with Gasteiger partial charge in [-0.2, -0.15) is 0 Å². The van der Waals surface area contributed by atoms with Gasteiger partial charge in [0.1, 0.15) is 0 Å². The normalized spacial score (nSPS) is 8.43. The van der Waals surface area contributed by atoms with Gasteiger partial charge in [-0.25, -0.2) is 0 Å². The summed E-state index contributed by atoms with van der Waals surface area (Å²) in [6.45, 7) is 1.65. The molecule has 0 atom stereocenters. The molecule has 0 aromatic rings. The van der Waals surface area contributed by atoms with Crippen molar-refractivity contribution in [3.63, 3.8) is 0 Å². The van der Waals surface area contributed by atoms with E-state index in [1.165, 1.54) is 0 Å². The summed E-state index contributed by atoms with van der Waals surface area (Å²) >= 11 is 0. The third-order valence-corrected chi connectivity index (χ3v) is 0.576. The summed E-state index contributed by atoms with van der Waals surface area (Å²) in [7, 11) is 0. The number of hydrogen-bond acceptors (Lipinski definition) is 3. The van der Waals surface area contributed by atoms with Crippen LogP contribution in [0.5, 0.6) is 0 Å². The molecule has 42 valence electrons. The van der Waals surface area contributed by atoms with Gasteiger partial charge < -0.3 is 0 Å². The van der Waals surface area contributed by atoms with Crippen molar-refractivity contribution < 1.29 is 10.4 Å². The topological polar surface area (TPSA) is 67.6 Å². The maximum atomic E-state index is 7.99. The van der Waals surface area contributed by atoms with Crippen LogP contribution >= 0.6 is 0 Å². The van der Waals surface area contributed by atoms with Gasteiger partial charge in [-0.15, -0.1) is 5.23 Å². The lowest BCUT2D eigenvalue weighted by Crippen LogP contribution is -2.20. The summed E-state index contributed by atoms with van der Waals surface area (Å²) < 4.78 is 0. The average Bonchev–Trinajstić information content (AvgIpc) is 1.65. The molecule has 0 spiro atoms. The lowest BCUT2D eigenvalue weighted by molar-refractivity contribution is -0.246. The van der Waals surface area contributed by atoms with Crippen LogP contribution in [-0.4, -0.2) is 21.5 Å². The van der Waals surface area contributed by atoms with Crippen molar-refractivity contribution in [2.24, 2.45) is 0 Å². The van der Waals surface area contributed by atoms with Gasteiger partial charge in [0, 0.05) is 6.42 Å². The van der Waals surface area contributed by atoms with Gasteiger partial charge in [0.2, 0.25) is 0 Å². The molecule has 0 aliphatic rings. The van der Waals surface area contributed by atoms with E-state index in [4.69, 9.17) is 15.8 Å². The van der Waals surface area contributed by atoms with Crippen LogP contribution in [0.25, 0.3) is 0 Å². The van der Waals surface area contributed by atoms with Gasteiger partial charge >= 0.3 is 0 Å². The Labute approximate surface area is 41.4 Å². The second kappa shape index (κ2) is 2.54. The Bertz CT molecular complexity index is 71.3. The molecule has 0 fully saturated rings. The molecule has 0 saturated carbocycles. The van der Waals surface area contributed by atoms with Crippen molar-refractivity contribution in [2.75, 3.05) is 0 Å². The monoisotopic (exact) mass is 104 g/mol. The number of nitrogens with zero attached hydrogens (tertiary/aromatic N) is 1. The molecule has 0 rings (SSSR count). The van der Waals surface area contributed by atoms with Crippen LogP contribution in [0.15, 0.2) is 0 Å². The summed E-state index contributed by atoms with van der Waals surface area (Å²) in [4.78, 5) is 0. The van der Waals surface area contributed by atoms with Crippen molar-refractivity contribution in [1.82, 2.24) is 5.23 Å². The van der Waals surface area contributed by atoms with Gasteiger partial charge in [-0.3, -0.25) is 15.8 Å². The molecule has 0 aromatic heterocycles. The first-order chi connectivity index (χ1) is 3.18. The zero-order chi connectivity index (χ0) is 5.86. The van der Waals surface area contributed by atoms with Gasteiger partial charge in [0.25, 0.3) is 0 Å². The number of hydroxylamine groups is 2. The van der Waals surface area contributed by atoms with Gasteiger partial charge in [0.05, 0.1) is 0 Å². The molecule has 0 aromatic carbocycles. The molecule has 3 N–H and O–H groups in total. The van der Waals surface area contributed by atoms with Crippen LogP contribution in [0, 0.1) is 5.41 Å². The molecule has 0 saturated heterocycles. The Morgan fingerprint density at radius 1 is 1.71 bits per heavy atom. The van der Waals surface area contributed by atoms with Gasteiger partial charge in [-0.1, -0.05) is 6.92 Å². The lowest BCUT2D eigenvalue weighted by atomic mass is 10.5. The Morgan fingerprint density at radius 2 is 2.14 bits per heavy atom. The summed E-state index contributed by atoms with van der Waals surface area (Å²) in [6, 6.07) is 0. The molecule has 0 aliphatic heterocycles. The molecular formula is C3H8N2O2. The number of hydrogen-bond donors (Lipinski definition) is 3. The highest BCUT2D eigenvalue weighted by Crippen LogP contribution is 1.81. The Hall–Kier alpha value is -0.610. The van der Waals surface area contributed by atoms with Gasteiger partial charge in [-0.05, 0) is 0 Å². The quantitative estimate of drug-likeness (QED) is 0.257. The first kappa shape index (κ1) is 6.39. The fourth-order valence-electron chi connectivity index (χ4n) is 0.141. The van der Waals surface area contributed by atoms with E-state index >= 15 is 0 Å². The average molecular weight is 104 g/mol. The number of nitrogens with one attached hydrogen (secondary N) is 1. The number of rotatable bonds is 1. The smallest absolute Gasteiger partial charge is 0.151 e. The molecule has 0 radical (unpaired) electrons. The maximum Gasteiger partial charge on any atom is 0.151 e. The third-order valence-electron chi connectivity index (χ3n) is 0.576. The van der Waals surface area contributed by atoms with Crippen LogP contribution in [0.2, 0.25) is 0 Å². The Morgan fingerprint density at radius 3 is 2.14 bits per heavy atom. The SMILES string of the molecule is CCC(=N)N(O)O. The first-order valence-corrected chi connectivity index (χ1v) is 1.93. The minimum absolute atomic E-state index is 0.194. The summed E-state index contributed by atoms with van der Waals surface area (Å²) in [6.07, 6.45) is 0.326. The zero-order valence-electron chi connectivity index (χ0n) is 4.05. The standard InChI is InChI=1S/C3H8N2O2/c1-2-3(4)5(6)7/h4,6-7H,2H2,1H3. The number of amidine groups is 1. The minimum atomic E-state index is -0.208. The maximum absolute atomic E-state index is 7.99. The van der Waals surface area contributed by atoms with Crippen LogP contribution < -0.4 is 0 Å². The molecule has 0 aliphatic carbocycles. The van der Waals surface area contributed by atoms with E-state index in [-0.39, 0.29) is 11.1 Å². The zero-order valence-corrected chi connectivity index (χ0v) is 4.05. The van der Waals surface area contributed by atoms with Crippen molar-refractivity contribution in [3.8, 4) is 0 Å². The van der Waals surface area contributed by atoms with Crippen molar-refractivity contribution in [2.45, 2.75) is 13.3 Å². The first-order valence-electron chi connectivity index (χ1n) is 1.93. The summed E-state index contributed by atoms with van der Waals surface area (Å²) in [5.74, 6) is -0.208. The fourth-order valence-corrected chi connectivity index (χ4v) is 0.141. The van der Waals surface area contributed by atoms with Crippen LogP contribution in [0.3, 0.4) is 0 Å². The van der Waals surface area contributed by atoms with Crippen molar-refractivity contribution in [3.05, 3.63) is 0 Å². The van der Waals surface area contributed by atoms with E-state index < -0.39 is 0 Å². The third kappa shape index (κ3) is 2.13. The Balaban J connectivity index is 3.35. The second-order valence-electron chi connectivity index (χ2n) is 1.09. The van der Waals surface area contributed by atoms with Crippen LogP contribution in [-0.2, 0) is 0 Å². The second-order valence-corrected chi connectivity index (χ2v) is 1.09. The van der Waals surface area contributed by atoms with Crippen LogP contribution in [0.4, 0.5) is 0 Å². The van der Waals surface area contributed by atoms with E-state index in [9.17, 15) is 0 Å². The minimum Gasteiger partial charge on any atom is -0.284 e. The van der Waals surface area contributed by atoms with E-state index in [0.717, 1.165) is 0 Å². The molecule has 7 heavy (non-hydrogen) atoms. The van der Waals surface area contributed by atoms with E-state index in [1.54, 1.807) is 6.92 Å². The molecule has 4 nitrogen and oxygen atoms in total. The van der Waals surface area contributed by atoms with E-state index in [2.05, 4.69) is 0 Å². The molecule has 0 amide bonds. The molecular weight excluding hydrogens is 96.0 g/mol. The molecule has 0 heterocycles. The largest absolute Gasteiger partial charge is 0.284 e. The molecule has 0 unspecified atom stereocenters. The fraction of sp³-hybridized carbons (Fsp3) is 0.667. The summed E-state index contributed by atoms with van der Waals surface area (Å²) in [5.41, 5.74) is 0. The van der Waals surface area contributed by atoms with Crippen molar-refractivity contribution >= 4 is 5.84 Å². The van der Waals surface area contributed by atoms with Crippen LogP contribution in [0.1, 0.15) is 13.3 Å². The predicted octanol–water partition coefficient (Wildman–Crippen LogP) is 0.454. The lowest BCUT2D eigenvalue weighted by Gasteiger charge is -2.04. The van der Waals surface area contributed by atoms with Crippen molar-refractivity contribution in [1.29, 1.82) is 5.41 Å². The Kier molecular flexibility index (Phi) is 2.32. The molecule has 4 heteroatoms. The highest BCUT2D eigenvalue weighted by Gasteiger charge is 1.94. The highest BCUT2D eigenvalue weighted by molar-refractivity contribution is 5.76. The van der Waals surface area contributed by atoms with E-state index in [0.29, 0.717) is 6.42 Å². The highest BCUT2D eigenvalue weighted by atomic mass is 16.8. The van der Waals surface area contributed by atoms with Gasteiger partial charge in [0.15, 0.2) is 5.84 Å². The molecule has 0 bridgehead atoms. The van der Waals surface area contributed by atoms with E-state index in [1.807, 2.05) is 0 Å². The predicted molar refractivity (Wildman–Crippen MR) is 23.4 cm³/mol. The summed E-state index contributed by atoms with van der Waals surface area (Å²) in [5, 5.41) is 22.4.